The molecule has 0 spiro atoms. The third kappa shape index (κ3) is 2.39. The van der Waals surface area contributed by atoms with Crippen molar-refractivity contribution in [2.75, 3.05) is 20.3 Å². The van der Waals surface area contributed by atoms with Gasteiger partial charge in [0.15, 0.2) is 0 Å². The predicted molar refractivity (Wildman–Crippen MR) is 45.6 cm³/mol. The molecule has 2 unspecified atom stereocenters. The van der Waals surface area contributed by atoms with Crippen LogP contribution in [0.3, 0.4) is 0 Å². The molecule has 4 heteroatoms. The van der Waals surface area contributed by atoms with E-state index >= 15 is 0 Å². The zero-order valence-corrected chi connectivity index (χ0v) is 7.61. The highest BCUT2D eigenvalue weighted by Gasteiger charge is 2.12. The van der Waals surface area contributed by atoms with Crippen molar-refractivity contribution in [3.05, 3.63) is 11.6 Å². The molecule has 2 atom stereocenters. The number of nitrogens with one attached hydrogen (secondary N) is 1. The number of ether oxygens (including phenoxy) is 1. The molecule has 0 bridgehead atoms. The Bertz CT molecular complexity index is 185. The molecule has 1 N–H and O–H groups in total. The van der Waals surface area contributed by atoms with Crippen molar-refractivity contribution in [2.24, 2.45) is 0 Å². The van der Waals surface area contributed by atoms with Crippen LogP contribution in [-0.4, -0.2) is 29.7 Å². The smallest absolute Gasteiger partial charge is 0.0980 e. The fourth-order valence-electron chi connectivity index (χ4n) is 0.896. The minimum absolute atomic E-state index is 0.0823. The van der Waals surface area contributed by atoms with Crippen molar-refractivity contribution >= 4 is 11.0 Å². The highest BCUT2D eigenvalue weighted by Crippen LogP contribution is 2.10. The third-order valence-electron chi connectivity index (χ3n) is 1.58. The summed E-state index contributed by atoms with van der Waals surface area (Å²) in [6, 6.07) is 0. The predicted octanol–water partition coefficient (Wildman–Crippen LogP) is 0.215. The van der Waals surface area contributed by atoms with Crippen LogP contribution in [0.2, 0.25) is 0 Å². The van der Waals surface area contributed by atoms with E-state index in [9.17, 15) is 4.21 Å². The first kappa shape index (κ1) is 8.90. The van der Waals surface area contributed by atoms with E-state index in [0.29, 0.717) is 13.2 Å². The normalized spacial score (nSPS) is 22.2. The summed E-state index contributed by atoms with van der Waals surface area (Å²) in [5, 5.41) is 0.0823. The average molecular weight is 175 g/mol. The molecule has 1 rings (SSSR count). The van der Waals surface area contributed by atoms with Crippen LogP contribution in [0.4, 0.5) is 0 Å². The van der Waals surface area contributed by atoms with Crippen LogP contribution in [-0.2, 0) is 15.7 Å². The van der Waals surface area contributed by atoms with E-state index < -0.39 is 11.0 Å². The largest absolute Gasteiger partial charge is 0.373 e. The molecule has 1 fully saturated rings. The summed E-state index contributed by atoms with van der Waals surface area (Å²) in [5.41, 5.74) is 1.25. The van der Waals surface area contributed by atoms with Gasteiger partial charge < -0.3 is 4.74 Å². The highest BCUT2D eigenvalue weighted by molar-refractivity contribution is 7.83. The van der Waals surface area contributed by atoms with E-state index in [2.05, 4.69) is 4.72 Å². The minimum Gasteiger partial charge on any atom is -0.373 e. The van der Waals surface area contributed by atoms with Gasteiger partial charge in [-0.05, 0) is 19.5 Å². The molecular weight excluding hydrogens is 162 g/mol. The minimum atomic E-state index is -0.942. The lowest BCUT2D eigenvalue weighted by atomic mass is 10.2. The number of hydrogen-bond acceptors (Lipinski definition) is 2. The first-order chi connectivity index (χ1) is 5.24. The zero-order valence-electron chi connectivity index (χ0n) is 6.79. The van der Waals surface area contributed by atoms with Crippen molar-refractivity contribution in [1.29, 1.82) is 0 Å². The van der Waals surface area contributed by atoms with E-state index in [1.54, 1.807) is 7.05 Å². The van der Waals surface area contributed by atoms with Gasteiger partial charge in [-0.1, -0.05) is 6.08 Å². The molecule has 1 saturated heterocycles. The Labute approximate surface area is 69.4 Å². The Balaban J connectivity index is 2.41. The molecule has 3 nitrogen and oxygen atoms in total. The SMILES string of the molecule is CNS(=O)C(C)C=C1COC1. The zero-order chi connectivity index (χ0) is 8.27. The number of rotatable bonds is 3. The molecule has 0 aliphatic carbocycles. The molecule has 0 aromatic carbocycles. The van der Waals surface area contributed by atoms with Crippen LogP contribution in [0.15, 0.2) is 11.6 Å². The lowest BCUT2D eigenvalue weighted by Crippen LogP contribution is -2.24. The first-order valence-corrected chi connectivity index (χ1v) is 4.80. The molecule has 0 amide bonds. The summed E-state index contributed by atoms with van der Waals surface area (Å²) in [4.78, 5) is 0. The second-order valence-corrected chi connectivity index (χ2v) is 4.27. The van der Waals surface area contributed by atoms with E-state index in [4.69, 9.17) is 4.74 Å². The Morgan fingerprint density at radius 2 is 2.36 bits per heavy atom. The van der Waals surface area contributed by atoms with Crippen molar-refractivity contribution < 1.29 is 8.95 Å². The Hall–Kier alpha value is -0.190. The van der Waals surface area contributed by atoms with Crippen LogP contribution in [0.1, 0.15) is 6.92 Å². The van der Waals surface area contributed by atoms with E-state index in [1.165, 1.54) is 5.57 Å². The second-order valence-electron chi connectivity index (χ2n) is 2.52. The second kappa shape index (κ2) is 3.99. The molecule has 0 saturated carbocycles. The topological polar surface area (TPSA) is 38.3 Å². The molecule has 0 radical (unpaired) electrons. The van der Waals surface area contributed by atoms with Crippen molar-refractivity contribution in [3.63, 3.8) is 0 Å². The lowest BCUT2D eigenvalue weighted by Gasteiger charge is -2.18. The van der Waals surface area contributed by atoms with Gasteiger partial charge in [0.1, 0.15) is 0 Å². The standard InChI is InChI=1S/C7H13NO2S/c1-6(11(9)8-2)3-7-4-10-5-7/h3,6,8H,4-5H2,1-2H3. The molecule has 64 valence electrons. The van der Waals surface area contributed by atoms with Crippen LogP contribution >= 0.6 is 0 Å². The molecule has 0 aromatic heterocycles. The quantitative estimate of drug-likeness (QED) is 0.623. The highest BCUT2D eigenvalue weighted by atomic mass is 32.2. The molecule has 1 aliphatic rings. The van der Waals surface area contributed by atoms with Crippen LogP contribution in [0.25, 0.3) is 0 Å². The van der Waals surface area contributed by atoms with E-state index in [-0.39, 0.29) is 5.25 Å². The molecule has 11 heavy (non-hydrogen) atoms. The van der Waals surface area contributed by atoms with Crippen LogP contribution < -0.4 is 4.72 Å². The fraction of sp³-hybridized carbons (Fsp3) is 0.714. The summed E-state index contributed by atoms with van der Waals surface area (Å²) >= 11 is 0. The maximum Gasteiger partial charge on any atom is 0.0980 e. The van der Waals surface area contributed by atoms with Crippen LogP contribution in [0.5, 0.6) is 0 Å². The van der Waals surface area contributed by atoms with Crippen molar-refractivity contribution in [1.82, 2.24) is 4.72 Å². The summed E-state index contributed by atoms with van der Waals surface area (Å²) in [7, 11) is 0.755. The van der Waals surface area contributed by atoms with E-state index in [0.717, 1.165) is 0 Å². The van der Waals surface area contributed by atoms with Gasteiger partial charge in [0, 0.05) is 0 Å². The van der Waals surface area contributed by atoms with Crippen molar-refractivity contribution in [3.8, 4) is 0 Å². The Morgan fingerprint density at radius 1 is 1.73 bits per heavy atom. The molecule has 1 heterocycles. The summed E-state index contributed by atoms with van der Waals surface area (Å²) in [6.45, 7) is 3.36. The van der Waals surface area contributed by atoms with Gasteiger partial charge in [-0.2, -0.15) is 0 Å². The van der Waals surface area contributed by atoms with Gasteiger partial charge >= 0.3 is 0 Å². The van der Waals surface area contributed by atoms with Gasteiger partial charge in [-0.3, -0.25) is 0 Å². The van der Waals surface area contributed by atoms with Gasteiger partial charge in [0.05, 0.1) is 29.4 Å². The maximum atomic E-state index is 11.1. The van der Waals surface area contributed by atoms with Gasteiger partial charge in [0.2, 0.25) is 0 Å². The third-order valence-corrected chi connectivity index (χ3v) is 2.80. The Kier molecular flexibility index (Phi) is 3.23. The van der Waals surface area contributed by atoms with E-state index in [1.807, 2.05) is 13.0 Å². The lowest BCUT2D eigenvalue weighted by molar-refractivity contribution is 0.102. The molecular formula is C7H13NO2S. The van der Waals surface area contributed by atoms with Crippen LogP contribution in [0, 0.1) is 0 Å². The average Bonchev–Trinajstić information content (AvgIpc) is 1.94. The van der Waals surface area contributed by atoms with Gasteiger partial charge in [-0.25, -0.2) is 8.93 Å². The Morgan fingerprint density at radius 3 is 2.73 bits per heavy atom. The summed E-state index contributed by atoms with van der Waals surface area (Å²) in [5.74, 6) is 0. The fourth-order valence-corrected chi connectivity index (χ4v) is 1.58. The first-order valence-electron chi connectivity index (χ1n) is 3.59. The van der Waals surface area contributed by atoms with Crippen molar-refractivity contribution in [2.45, 2.75) is 12.2 Å². The number of hydrogen-bond donors (Lipinski definition) is 1. The van der Waals surface area contributed by atoms with Gasteiger partial charge in [0.25, 0.3) is 0 Å². The summed E-state index contributed by atoms with van der Waals surface area (Å²) < 4.78 is 18.8. The van der Waals surface area contributed by atoms with Gasteiger partial charge in [-0.15, -0.1) is 0 Å². The maximum absolute atomic E-state index is 11.1. The summed E-state index contributed by atoms with van der Waals surface area (Å²) in [6.07, 6.45) is 2.01. The molecule has 0 aromatic rings. The molecule has 1 aliphatic heterocycles. The monoisotopic (exact) mass is 175 g/mol.